The molecule has 0 aromatic heterocycles. The van der Waals surface area contributed by atoms with Gasteiger partial charge in [-0.15, -0.1) is 0 Å². The zero-order valence-corrected chi connectivity index (χ0v) is 18.5. The lowest BCUT2D eigenvalue weighted by atomic mass is 9.63. The molecule has 0 saturated heterocycles. The number of benzene rings is 2. The third-order valence-corrected chi connectivity index (χ3v) is 7.91. The Bertz CT molecular complexity index is 885. The predicted molar refractivity (Wildman–Crippen MR) is 119 cm³/mol. The molecule has 4 rings (SSSR count). The second-order valence-electron chi connectivity index (χ2n) is 9.99. The quantitative estimate of drug-likeness (QED) is 0.314. The predicted octanol–water partition coefficient (Wildman–Crippen LogP) is 9.27. The first-order chi connectivity index (χ1) is 14.8. The smallest absolute Gasteiger partial charge is 0.206 e. The highest BCUT2D eigenvalue weighted by atomic mass is 19.4. The van der Waals surface area contributed by atoms with Crippen LogP contribution in [0.4, 0.5) is 17.6 Å². The van der Waals surface area contributed by atoms with Crippen LogP contribution in [-0.4, -0.2) is 0 Å². The molecular weight excluding hydrogens is 400 g/mol. The van der Waals surface area contributed by atoms with E-state index in [-0.39, 0.29) is 5.39 Å². The molecule has 0 heterocycles. The summed E-state index contributed by atoms with van der Waals surface area (Å²) in [5.41, 5.74) is 0.170. The largest absolute Gasteiger partial charge is 0.416 e. The molecule has 0 radical (unpaired) electrons. The van der Waals surface area contributed by atoms with Crippen LogP contribution >= 0.6 is 0 Å². The van der Waals surface area contributed by atoms with Crippen LogP contribution in [-0.2, 0) is 6.18 Å². The van der Waals surface area contributed by atoms with Crippen LogP contribution in [0.3, 0.4) is 0 Å². The molecular formula is C27H34F4. The van der Waals surface area contributed by atoms with Gasteiger partial charge < -0.3 is 0 Å². The maximum absolute atomic E-state index is 14.8. The molecule has 2 fully saturated rings. The highest BCUT2D eigenvalue weighted by molar-refractivity contribution is 5.84. The van der Waals surface area contributed by atoms with Crippen LogP contribution in [0.25, 0.3) is 10.8 Å². The number of hydrogen-bond donors (Lipinski definition) is 0. The summed E-state index contributed by atoms with van der Waals surface area (Å²) in [5.74, 6) is 2.20. The lowest BCUT2D eigenvalue weighted by Crippen LogP contribution is -2.30. The summed E-state index contributed by atoms with van der Waals surface area (Å²) >= 11 is 0. The lowest BCUT2D eigenvalue weighted by Gasteiger charge is -2.42. The number of unbranched alkanes of at least 4 members (excludes halogenated alkanes) is 3. The summed E-state index contributed by atoms with van der Waals surface area (Å²) in [5, 5.41) is 0.636. The summed E-state index contributed by atoms with van der Waals surface area (Å²) in [6.45, 7) is 2.25. The minimum absolute atomic E-state index is 0.0656. The van der Waals surface area contributed by atoms with Crippen LogP contribution in [0.2, 0.25) is 0 Å². The van der Waals surface area contributed by atoms with Crippen molar-refractivity contribution in [3.8, 4) is 0 Å². The van der Waals surface area contributed by atoms with E-state index in [4.69, 9.17) is 0 Å². The van der Waals surface area contributed by atoms with Crippen molar-refractivity contribution in [2.45, 2.75) is 89.6 Å². The van der Waals surface area contributed by atoms with Crippen molar-refractivity contribution in [2.24, 2.45) is 17.8 Å². The van der Waals surface area contributed by atoms with E-state index >= 15 is 0 Å². The van der Waals surface area contributed by atoms with Crippen LogP contribution in [0.5, 0.6) is 0 Å². The van der Waals surface area contributed by atoms with Gasteiger partial charge in [0.1, 0.15) is 5.82 Å². The molecule has 2 aromatic rings. The minimum atomic E-state index is -4.45. The Kier molecular flexibility index (Phi) is 6.93. The van der Waals surface area contributed by atoms with Crippen molar-refractivity contribution in [2.75, 3.05) is 0 Å². The van der Waals surface area contributed by atoms with Crippen LogP contribution in [0, 0.1) is 23.6 Å². The summed E-state index contributed by atoms with van der Waals surface area (Å²) < 4.78 is 53.7. The molecule has 2 aromatic carbocycles. The van der Waals surface area contributed by atoms with Gasteiger partial charge in [-0.25, -0.2) is 4.39 Å². The van der Waals surface area contributed by atoms with E-state index in [1.165, 1.54) is 69.9 Å². The van der Waals surface area contributed by atoms with Gasteiger partial charge in [0.05, 0.1) is 5.56 Å². The molecule has 170 valence electrons. The van der Waals surface area contributed by atoms with E-state index in [1.54, 1.807) is 0 Å². The monoisotopic (exact) mass is 434 g/mol. The number of alkyl halides is 3. The first-order valence-corrected chi connectivity index (χ1v) is 12.2. The average molecular weight is 435 g/mol. The maximum Gasteiger partial charge on any atom is 0.416 e. The van der Waals surface area contributed by atoms with E-state index in [9.17, 15) is 17.6 Å². The minimum Gasteiger partial charge on any atom is -0.206 e. The Balaban J connectivity index is 1.41. The van der Waals surface area contributed by atoms with Crippen LogP contribution in [0.15, 0.2) is 30.3 Å². The fraction of sp³-hybridized carbons (Fsp3) is 0.630. The summed E-state index contributed by atoms with van der Waals surface area (Å²) in [7, 11) is 0. The Hall–Kier alpha value is -1.58. The third-order valence-electron chi connectivity index (χ3n) is 7.91. The third kappa shape index (κ3) is 5.26. The Morgan fingerprint density at radius 2 is 1.65 bits per heavy atom. The molecule has 0 bridgehead atoms. The van der Waals surface area contributed by atoms with Crippen molar-refractivity contribution in [1.29, 1.82) is 0 Å². The Morgan fingerprint density at radius 1 is 0.871 bits per heavy atom. The molecule has 4 atom stereocenters. The van der Waals surface area contributed by atoms with E-state index in [2.05, 4.69) is 6.92 Å². The molecule has 4 heteroatoms. The molecule has 0 aliphatic heterocycles. The average Bonchev–Trinajstić information content (AvgIpc) is 2.75. The first-order valence-electron chi connectivity index (χ1n) is 12.2. The molecule has 0 N–H and O–H groups in total. The van der Waals surface area contributed by atoms with E-state index in [0.717, 1.165) is 48.3 Å². The van der Waals surface area contributed by atoms with Gasteiger partial charge in [-0.05, 0) is 84.9 Å². The zero-order chi connectivity index (χ0) is 22.0. The number of fused-ring (bicyclic) bond motifs is 2. The topological polar surface area (TPSA) is 0 Å². The van der Waals surface area contributed by atoms with Crippen molar-refractivity contribution in [3.05, 3.63) is 47.3 Å². The summed E-state index contributed by atoms with van der Waals surface area (Å²) in [6, 6.07) is 6.83. The maximum atomic E-state index is 14.8. The molecule has 2 unspecified atom stereocenters. The molecule has 2 aliphatic carbocycles. The molecule has 31 heavy (non-hydrogen) atoms. The molecule has 0 nitrogen and oxygen atoms in total. The van der Waals surface area contributed by atoms with Gasteiger partial charge in [0.2, 0.25) is 0 Å². The zero-order valence-electron chi connectivity index (χ0n) is 18.5. The second kappa shape index (κ2) is 9.50. The molecule has 0 amide bonds. The standard InChI is InChI=1S/C27H34F4/c1-2-3-4-5-6-18-7-8-20-14-21(10-9-19(20)13-18)23-15-22-11-12-24(27(29,30)31)17-25(22)26(28)16-23/h11-12,15-21H,2-10,13-14H2,1H3/t18-,19?,20-,21?/m1/s1. The SMILES string of the molecule is CCCCCC[C@@H]1CC[C@@H]2CC(c3cc(F)c4cc(C(F)(F)F)ccc4c3)CCC2C1. The van der Waals surface area contributed by atoms with Crippen LogP contribution in [0.1, 0.15) is 94.6 Å². The second-order valence-corrected chi connectivity index (χ2v) is 9.99. The van der Waals surface area contributed by atoms with Gasteiger partial charge in [-0.2, -0.15) is 13.2 Å². The molecule has 0 spiro atoms. The van der Waals surface area contributed by atoms with E-state index in [0.29, 0.717) is 11.3 Å². The summed E-state index contributed by atoms with van der Waals surface area (Å²) in [6.07, 6.45) is 9.62. The van der Waals surface area contributed by atoms with Gasteiger partial charge in [0.15, 0.2) is 0 Å². The van der Waals surface area contributed by atoms with Gasteiger partial charge in [0.25, 0.3) is 0 Å². The number of rotatable bonds is 6. The normalized spacial score (nSPS) is 26.7. The van der Waals surface area contributed by atoms with Crippen molar-refractivity contribution in [1.82, 2.24) is 0 Å². The van der Waals surface area contributed by atoms with Gasteiger partial charge >= 0.3 is 6.18 Å². The summed E-state index contributed by atoms with van der Waals surface area (Å²) in [4.78, 5) is 0. The highest BCUT2D eigenvalue weighted by Gasteiger charge is 2.36. The van der Waals surface area contributed by atoms with Crippen molar-refractivity contribution in [3.63, 3.8) is 0 Å². The van der Waals surface area contributed by atoms with Crippen molar-refractivity contribution >= 4 is 10.8 Å². The molecule has 2 saturated carbocycles. The number of halogens is 4. The highest BCUT2D eigenvalue weighted by Crippen LogP contribution is 2.49. The van der Waals surface area contributed by atoms with E-state index < -0.39 is 17.6 Å². The van der Waals surface area contributed by atoms with Crippen molar-refractivity contribution < 1.29 is 17.6 Å². The van der Waals surface area contributed by atoms with Gasteiger partial charge in [0, 0.05) is 5.39 Å². The Labute approximate surface area is 183 Å². The fourth-order valence-electron chi connectivity index (χ4n) is 6.16. The van der Waals surface area contributed by atoms with E-state index in [1.807, 2.05) is 6.07 Å². The fourth-order valence-corrected chi connectivity index (χ4v) is 6.16. The van der Waals surface area contributed by atoms with Gasteiger partial charge in [-0.3, -0.25) is 0 Å². The van der Waals surface area contributed by atoms with Gasteiger partial charge in [-0.1, -0.05) is 57.6 Å². The lowest BCUT2D eigenvalue weighted by molar-refractivity contribution is -0.137. The first kappa shape index (κ1) is 22.6. The molecule has 2 aliphatic rings. The van der Waals surface area contributed by atoms with Crippen LogP contribution < -0.4 is 0 Å². The Morgan fingerprint density at radius 3 is 2.42 bits per heavy atom. The number of hydrogen-bond acceptors (Lipinski definition) is 0.